The number of amides is 2. The number of carbonyl (C=O) groups is 2. The largest absolute Gasteiger partial charge is 0.478 e. The smallest absolute Gasteiger partial charge is 0.417 e. The van der Waals surface area contributed by atoms with Crippen LogP contribution in [0.5, 0.6) is 0 Å². The quantitative estimate of drug-likeness (QED) is 0.658. The number of halogens is 4. The zero-order valence-electron chi connectivity index (χ0n) is 16.6. The number of carboxylic acids is 1. The van der Waals surface area contributed by atoms with E-state index in [1.54, 1.807) is 0 Å². The van der Waals surface area contributed by atoms with Crippen LogP contribution < -0.4 is 9.80 Å². The predicted octanol–water partition coefficient (Wildman–Crippen LogP) is 5.17. The molecular formula is C22H17F4N3O3. The highest BCUT2D eigenvalue weighted by Crippen LogP contribution is 2.42. The molecule has 4 rings (SSSR count). The number of anilines is 2. The van der Waals surface area contributed by atoms with Crippen LogP contribution in [0.25, 0.3) is 0 Å². The second-order valence-electron chi connectivity index (χ2n) is 7.73. The van der Waals surface area contributed by atoms with Crippen molar-refractivity contribution in [2.45, 2.75) is 43.9 Å². The number of hydrogen-bond acceptors (Lipinski definition) is 3. The van der Waals surface area contributed by atoms with E-state index >= 15 is 0 Å². The Morgan fingerprint density at radius 1 is 1.09 bits per heavy atom. The average molecular weight is 447 g/mol. The SMILES string of the molecule is N#Cc1ccc(N2C(=O)N(c3cccc(C(=O)O)c3F)[C@H]3CCCC[C@@H]32)cc1C(F)(F)F. The summed E-state index contributed by atoms with van der Waals surface area (Å²) in [6.45, 7) is 0. The molecule has 0 unspecified atom stereocenters. The molecule has 1 aliphatic heterocycles. The van der Waals surface area contributed by atoms with Crippen molar-refractivity contribution < 1.29 is 32.3 Å². The highest BCUT2D eigenvalue weighted by molar-refractivity contribution is 6.08. The van der Waals surface area contributed by atoms with Gasteiger partial charge in [0.2, 0.25) is 0 Å². The Morgan fingerprint density at radius 3 is 2.34 bits per heavy atom. The molecular weight excluding hydrogens is 430 g/mol. The first kappa shape index (κ1) is 21.6. The highest BCUT2D eigenvalue weighted by atomic mass is 19.4. The summed E-state index contributed by atoms with van der Waals surface area (Å²) in [4.78, 5) is 27.1. The summed E-state index contributed by atoms with van der Waals surface area (Å²) in [5.74, 6) is -2.56. The maximum absolute atomic E-state index is 15.0. The van der Waals surface area contributed by atoms with Crippen LogP contribution in [0, 0.1) is 17.1 Å². The lowest BCUT2D eigenvalue weighted by Gasteiger charge is -2.32. The lowest BCUT2D eigenvalue weighted by Crippen LogP contribution is -2.40. The normalized spacial score (nSPS) is 20.8. The molecule has 0 spiro atoms. The molecule has 2 aliphatic rings. The molecule has 2 aromatic rings. The Labute approximate surface area is 180 Å². The van der Waals surface area contributed by atoms with Gasteiger partial charge in [0.1, 0.15) is 0 Å². The third-order valence-corrected chi connectivity index (χ3v) is 5.94. The Kier molecular flexibility index (Phi) is 5.28. The highest BCUT2D eigenvalue weighted by Gasteiger charge is 2.49. The van der Waals surface area contributed by atoms with Crippen molar-refractivity contribution in [3.05, 3.63) is 58.9 Å². The van der Waals surface area contributed by atoms with Crippen molar-refractivity contribution in [3.63, 3.8) is 0 Å². The van der Waals surface area contributed by atoms with Gasteiger partial charge in [0, 0.05) is 5.69 Å². The van der Waals surface area contributed by atoms with E-state index in [4.69, 9.17) is 5.26 Å². The number of urea groups is 1. The van der Waals surface area contributed by atoms with E-state index < -0.39 is 52.8 Å². The molecule has 1 saturated heterocycles. The molecule has 2 atom stereocenters. The predicted molar refractivity (Wildman–Crippen MR) is 106 cm³/mol. The lowest BCUT2D eigenvalue weighted by atomic mass is 9.89. The van der Waals surface area contributed by atoms with Gasteiger partial charge < -0.3 is 5.11 Å². The summed E-state index contributed by atoms with van der Waals surface area (Å²) in [6.07, 6.45) is -2.34. The lowest BCUT2D eigenvalue weighted by molar-refractivity contribution is -0.137. The number of nitrogens with zero attached hydrogens (tertiary/aromatic N) is 3. The Balaban J connectivity index is 1.83. The topological polar surface area (TPSA) is 84.6 Å². The third kappa shape index (κ3) is 3.43. The second-order valence-corrected chi connectivity index (χ2v) is 7.73. The van der Waals surface area contributed by atoms with Gasteiger partial charge >= 0.3 is 18.2 Å². The van der Waals surface area contributed by atoms with Gasteiger partial charge in [-0.3, -0.25) is 9.80 Å². The number of benzene rings is 2. The van der Waals surface area contributed by atoms with Gasteiger partial charge in [-0.15, -0.1) is 0 Å². The van der Waals surface area contributed by atoms with Gasteiger partial charge in [0.25, 0.3) is 0 Å². The van der Waals surface area contributed by atoms with Gasteiger partial charge in [0.15, 0.2) is 5.82 Å². The van der Waals surface area contributed by atoms with Crippen molar-refractivity contribution in [1.82, 2.24) is 0 Å². The monoisotopic (exact) mass is 447 g/mol. The van der Waals surface area contributed by atoms with Crippen molar-refractivity contribution >= 4 is 23.4 Å². The van der Waals surface area contributed by atoms with E-state index in [-0.39, 0.29) is 11.4 Å². The van der Waals surface area contributed by atoms with Crippen molar-refractivity contribution in [2.24, 2.45) is 0 Å². The molecule has 0 bridgehead atoms. The maximum atomic E-state index is 15.0. The number of alkyl halides is 3. The van der Waals surface area contributed by atoms with Crippen molar-refractivity contribution in [2.75, 3.05) is 9.80 Å². The standard InChI is InChI=1S/C22H17F4N3O3/c23-19-14(20(30)31)4-3-7-18(19)29-17-6-2-1-5-16(17)28(21(29)32)13-9-8-12(11-27)15(10-13)22(24,25)26/h3-4,7-10,16-17H,1-2,5-6H2,(H,30,31)/t16-,17-/m0/s1. The maximum Gasteiger partial charge on any atom is 0.417 e. The van der Waals surface area contributed by atoms with Gasteiger partial charge in [-0.25, -0.2) is 14.0 Å². The number of rotatable bonds is 3. The van der Waals surface area contributed by atoms with E-state index in [1.165, 1.54) is 29.2 Å². The molecule has 2 amide bonds. The minimum absolute atomic E-state index is 0.0458. The van der Waals surface area contributed by atoms with Gasteiger partial charge in [0.05, 0.1) is 40.5 Å². The van der Waals surface area contributed by atoms with Crippen LogP contribution in [-0.4, -0.2) is 29.2 Å². The van der Waals surface area contributed by atoms with Crippen LogP contribution in [0.2, 0.25) is 0 Å². The van der Waals surface area contributed by atoms with E-state index in [9.17, 15) is 32.3 Å². The summed E-state index contributed by atoms with van der Waals surface area (Å²) in [6, 6.07) is 6.45. The van der Waals surface area contributed by atoms with Crippen molar-refractivity contribution in [1.29, 1.82) is 5.26 Å². The summed E-state index contributed by atoms with van der Waals surface area (Å²) in [5, 5.41) is 18.3. The second kappa shape index (κ2) is 7.82. The summed E-state index contributed by atoms with van der Waals surface area (Å²) >= 11 is 0. The van der Waals surface area contributed by atoms with Crippen LogP contribution in [0.15, 0.2) is 36.4 Å². The van der Waals surface area contributed by atoms with Crippen LogP contribution in [0.1, 0.15) is 47.2 Å². The number of fused-ring (bicyclic) bond motifs is 1. The van der Waals surface area contributed by atoms with Gasteiger partial charge in [-0.05, 0) is 43.2 Å². The minimum atomic E-state index is -4.79. The molecule has 6 nitrogen and oxygen atoms in total. The molecule has 0 radical (unpaired) electrons. The molecule has 2 aromatic carbocycles. The molecule has 0 aromatic heterocycles. The Bertz CT molecular complexity index is 1140. The summed E-state index contributed by atoms with van der Waals surface area (Å²) in [5.41, 5.74) is -2.59. The molecule has 1 saturated carbocycles. The van der Waals surface area contributed by atoms with Crippen LogP contribution in [0.3, 0.4) is 0 Å². The zero-order chi connectivity index (χ0) is 23.2. The number of hydrogen-bond donors (Lipinski definition) is 1. The van der Waals surface area contributed by atoms with E-state index in [0.717, 1.165) is 35.9 Å². The van der Waals surface area contributed by atoms with E-state index in [1.807, 2.05) is 0 Å². The van der Waals surface area contributed by atoms with Crippen LogP contribution >= 0.6 is 0 Å². The molecule has 1 aliphatic carbocycles. The van der Waals surface area contributed by atoms with Gasteiger partial charge in [-0.1, -0.05) is 18.9 Å². The Hall–Kier alpha value is -3.61. The number of carboxylic acid groups (broad SMARTS) is 1. The first-order chi connectivity index (χ1) is 15.1. The first-order valence-electron chi connectivity index (χ1n) is 9.90. The minimum Gasteiger partial charge on any atom is -0.478 e. The fourth-order valence-electron chi connectivity index (χ4n) is 4.56. The summed E-state index contributed by atoms with van der Waals surface area (Å²) < 4.78 is 55.4. The zero-order valence-corrected chi connectivity index (χ0v) is 16.6. The molecule has 1 heterocycles. The van der Waals surface area contributed by atoms with Crippen molar-refractivity contribution in [3.8, 4) is 6.07 Å². The summed E-state index contributed by atoms with van der Waals surface area (Å²) in [7, 11) is 0. The van der Waals surface area contributed by atoms with E-state index in [0.29, 0.717) is 12.8 Å². The average Bonchev–Trinajstić information content (AvgIpc) is 3.04. The van der Waals surface area contributed by atoms with Crippen LogP contribution in [-0.2, 0) is 6.18 Å². The fourth-order valence-corrected chi connectivity index (χ4v) is 4.56. The first-order valence-corrected chi connectivity index (χ1v) is 9.90. The molecule has 2 fully saturated rings. The molecule has 10 heteroatoms. The van der Waals surface area contributed by atoms with E-state index in [2.05, 4.69) is 0 Å². The molecule has 1 N–H and O–H groups in total. The number of carbonyl (C=O) groups excluding carboxylic acids is 1. The molecule has 32 heavy (non-hydrogen) atoms. The molecule has 166 valence electrons. The van der Waals surface area contributed by atoms with Gasteiger partial charge in [-0.2, -0.15) is 18.4 Å². The van der Waals surface area contributed by atoms with Crippen LogP contribution in [0.4, 0.5) is 33.7 Å². The number of nitriles is 1. The fraction of sp³-hybridized carbons (Fsp3) is 0.318. The number of aromatic carboxylic acids is 1. The third-order valence-electron chi connectivity index (χ3n) is 5.94. The Morgan fingerprint density at radius 2 is 1.75 bits per heavy atom.